The maximum atomic E-state index is 12.4. The largest absolute Gasteiger partial charge is 0.366 e. The Morgan fingerprint density at radius 1 is 1.04 bits per heavy atom. The molecule has 1 fully saturated rings. The van der Waals surface area contributed by atoms with Crippen molar-refractivity contribution >= 4 is 17.3 Å². The van der Waals surface area contributed by atoms with Gasteiger partial charge in [0.25, 0.3) is 11.6 Å². The molecule has 2 aromatic carbocycles. The molecule has 6 nitrogen and oxygen atoms in total. The molecule has 0 spiro atoms. The lowest BCUT2D eigenvalue weighted by Gasteiger charge is -2.22. The second-order valence-corrected chi connectivity index (χ2v) is 6.85. The molecule has 0 atom stereocenters. The lowest BCUT2D eigenvalue weighted by molar-refractivity contribution is -0.384. The predicted octanol–water partition coefficient (Wildman–Crippen LogP) is 3.95. The average molecular weight is 367 g/mol. The molecule has 0 bridgehead atoms. The number of amides is 1. The minimum atomic E-state index is -0.388. The second kappa shape index (κ2) is 9.16. The Kier molecular flexibility index (Phi) is 6.41. The van der Waals surface area contributed by atoms with Gasteiger partial charge in [-0.15, -0.1) is 0 Å². The molecule has 0 aromatic heterocycles. The molecular weight excluding hydrogens is 342 g/mol. The van der Waals surface area contributed by atoms with E-state index in [1.807, 2.05) is 30.3 Å². The van der Waals surface area contributed by atoms with Crippen LogP contribution in [0.1, 0.15) is 41.6 Å². The average Bonchev–Trinajstić information content (AvgIpc) is 2.97. The Labute approximate surface area is 159 Å². The number of carbonyl (C=O) groups excluding carboxylic acids is 1. The molecule has 0 aliphatic carbocycles. The van der Waals surface area contributed by atoms with Crippen molar-refractivity contribution in [2.24, 2.45) is 0 Å². The molecule has 1 amide bonds. The van der Waals surface area contributed by atoms with Gasteiger partial charge in [0.1, 0.15) is 5.69 Å². The topological polar surface area (TPSA) is 75.5 Å². The Hall–Kier alpha value is -2.89. The van der Waals surface area contributed by atoms with Crippen LogP contribution in [0.15, 0.2) is 48.5 Å². The lowest BCUT2D eigenvalue weighted by atomic mass is 10.1. The summed E-state index contributed by atoms with van der Waals surface area (Å²) >= 11 is 0. The summed E-state index contributed by atoms with van der Waals surface area (Å²) in [7, 11) is 0. The van der Waals surface area contributed by atoms with E-state index in [0.717, 1.165) is 50.8 Å². The van der Waals surface area contributed by atoms with Crippen molar-refractivity contribution in [1.29, 1.82) is 0 Å². The number of nitrogens with one attached hydrogen (secondary N) is 1. The smallest absolute Gasteiger partial charge is 0.293 e. The third-order valence-electron chi connectivity index (χ3n) is 4.92. The standard InChI is InChI=1S/C21H25N3O3/c25-21(22-13-12-17-8-4-3-5-9-17)18-10-11-19(20(16-18)24(26)27)23-14-6-1-2-7-15-23/h3-5,8-11,16H,1-2,6-7,12-15H2,(H,22,25). The van der Waals surface area contributed by atoms with Gasteiger partial charge >= 0.3 is 0 Å². The molecule has 1 saturated heterocycles. The first-order valence-electron chi connectivity index (χ1n) is 9.50. The van der Waals surface area contributed by atoms with Crippen LogP contribution in [0.2, 0.25) is 0 Å². The molecule has 1 aliphatic heterocycles. The fourth-order valence-corrected chi connectivity index (χ4v) is 3.46. The summed E-state index contributed by atoms with van der Waals surface area (Å²) < 4.78 is 0. The Morgan fingerprint density at radius 2 is 1.74 bits per heavy atom. The summed E-state index contributed by atoms with van der Waals surface area (Å²) in [6.45, 7) is 2.14. The van der Waals surface area contributed by atoms with Crippen LogP contribution in [0.3, 0.4) is 0 Å². The van der Waals surface area contributed by atoms with Crippen molar-refractivity contribution in [2.75, 3.05) is 24.5 Å². The molecule has 3 rings (SSSR count). The van der Waals surface area contributed by atoms with Crippen molar-refractivity contribution in [3.63, 3.8) is 0 Å². The molecule has 27 heavy (non-hydrogen) atoms. The van der Waals surface area contributed by atoms with E-state index in [2.05, 4.69) is 10.2 Å². The predicted molar refractivity (Wildman–Crippen MR) is 106 cm³/mol. The van der Waals surface area contributed by atoms with E-state index in [4.69, 9.17) is 0 Å². The molecule has 1 aliphatic rings. The third kappa shape index (κ3) is 5.06. The minimum absolute atomic E-state index is 0.00705. The number of nitro groups is 1. The lowest BCUT2D eigenvalue weighted by Crippen LogP contribution is -2.27. The second-order valence-electron chi connectivity index (χ2n) is 6.85. The zero-order chi connectivity index (χ0) is 19.1. The van der Waals surface area contributed by atoms with Crippen LogP contribution < -0.4 is 10.2 Å². The van der Waals surface area contributed by atoms with Crippen molar-refractivity contribution in [2.45, 2.75) is 32.1 Å². The van der Waals surface area contributed by atoms with Crippen LogP contribution in [0.5, 0.6) is 0 Å². The minimum Gasteiger partial charge on any atom is -0.366 e. The van der Waals surface area contributed by atoms with Crippen molar-refractivity contribution in [1.82, 2.24) is 5.32 Å². The van der Waals surface area contributed by atoms with Crippen molar-refractivity contribution in [3.05, 3.63) is 69.8 Å². The number of nitro benzene ring substituents is 1. The van der Waals surface area contributed by atoms with Gasteiger partial charge in [-0.05, 0) is 37.0 Å². The van der Waals surface area contributed by atoms with Crippen LogP contribution >= 0.6 is 0 Å². The molecule has 0 unspecified atom stereocenters. The third-order valence-corrected chi connectivity index (χ3v) is 4.92. The number of rotatable bonds is 6. The van der Waals surface area contributed by atoms with Gasteiger partial charge < -0.3 is 10.2 Å². The first-order valence-corrected chi connectivity index (χ1v) is 9.50. The van der Waals surface area contributed by atoms with Gasteiger partial charge in [-0.25, -0.2) is 0 Å². The fourth-order valence-electron chi connectivity index (χ4n) is 3.46. The highest BCUT2D eigenvalue weighted by atomic mass is 16.6. The van der Waals surface area contributed by atoms with Crippen LogP contribution in [0.4, 0.5) is 11.4 Å². The monoisotopic (exact) mass is 367 g/mol. The van der Waals surface area contributed by atoms with Crippen molar-refractivity contribution in [3.8, 4) is 0 Å². The van der Waals surface area contributed by atoms with Gasteiger partial charge in [0.15, 0.2) is 0 Å². The highest BCUT2D eigenvalue weighted by Gasteiger charge is 2.22. The van der Waals surface area contributed by atoms with E-state index in [0.29, 0.717) is 17.8 Å². The summed E-state index contributed by atoms with van der Waals surface area (Å²) in [6.07, 6.45) is 5.12. The summed E-state index contributed by atoms with van der Waals surface area (Å²) in [6, 6.07) is 14.7. The molecule has 1 N–H and O–H groups in total. The normalized spacial score (nSPS) is 14.4. The highest BCUT2D eigenvalue weighted by molar-refractivity contribution is 5.95. The SMILES string of the molecule is O=C(NCCc1ccccc1)c1ccc(N2CCCCCC2)c([N+](=O)[O-])c1. The summed E-state index contributed by atoms with van der Waals surface area (Å²) in [5.41, 5.74) is 2.09. The maximum Gasteiger partial charge on any atom is 0.293 e. The molecule has 0 radical (unpaired) electrons. The van der Waals surface area contributed by atoms with Gasteiger partial charge in [0.2, 0.25) is 0 Å². The van der Waals surface area contributed by atoms with Gasteiger partial charge in [-0.2, -0.15) is 0 Å². The van der Waals surface area contributed by atoms with Gasteiger partial charge in [0, 0.05) is 31.3 Å². The number of hydrogen-bond acceptors (Lipinski definition) is 4. The Balaban J connectivity index is 1.69. The molecule has 0 saturated carbocycles. The molecule has 6 heteroatoms. The number of nitrogens with zero attached hydrogens (tertiary/aromatic N) is 2. The molecule has 2 aromatic rings. The summed E-state index contributed by atoms with van der Waals surface area (Å²) in [5.74, 6) is -0.281. The van der Waals surface area contributed by atoms with E-state index in [1.54, 1.807) is 12.1 Å². The van der Waals surface area contributed by atoms with E-state index in [9.17, 15) is 14.9 Å². The van der Waals surface area contributed by atoms with Crippen LogP contribution in [-0.4, -0.2) is 30.5 Å². The maximum absolute atomic E-state index is 12.4. The number of benzene rings is 2. The van der Waals surface area contributed by atoms with Crippen LogP contribution in [0, 0.1) is 10.1 Å². The Bertz CT molecular complexity index is 785. The first-order chi connectivity index (χ1) is 13.1. The Morgan fingerprint density at radius 3 is 2.41 bits per heavy atom. The van der Waals surface area contributed by atoms with E-state index in [-0.39, 0.29) is 16.5 Å². The van der Waals surface area contributed by atoms with Crippen LogP contribution in [-0.2, 0) is 6.42 Å². The van der Waals surface area contributed by atoms with E-state index >= 15 is 0 Å². The van der Waals surface area contributed by atoms with E-state index in [1.165, 1.54) is 6.07 Å². The van der Waals surface area contributed by atoms with Gasteiger partial charge in [0.05, 0.1) is 4.92 Å². The fraction of sp³-hybridized carbons (Fsp3) is 0.381. The van der Waals surface area contributed by atoms with Gasteiger partial charge in [-0.1, -0.05) is 43.2 Å². The summed E-state index contributed by atoms with van der Waals surface area (Å²) in [5, 5.41) is 14.4. The molecular formula is C21H25N3O3. The van der Waals surface area contributed by atoms with E-state index < -0.39 is 0 Å². The molecule has 142 valence electrons. The van der Waals surface area contributed by atoms with Crippen LogP contribution in [0.25, 0.3) is 0 Å². The zero-order valence-corrected chi connectivity index (χ0v) is 15.4. The quantitative estimate of drug-likeness (QED) is 0.620. The first kappa shape index (κ1) is 18.9. The highest BCUT2D eigenvalue weighted by Crippen LogP contribution is 2.31. The number of carbonyl (C=O) groups is 1. The summed E-state index contributed by atoms with van der Waals surface area (Å²) in [4.78, 5) is 25.7. The molecule has 1 heterocycles. The van der Waals surface area contributed by atoms with Gasteiger partial charge in [-0.3, -0.25) is 14.9 Å². The zero-order valence-electron chi connectivity index (χ0n) is 15.4. The number of anilines is 1. The number of hydrogen-bond donors (Lipinski definition) is 1. The van der Waals surface area contributed by atoms with Crippen molar-refractivity contribution < 1.29 is 9.72 Å².